The summed E-state index contributed by atoms with van der Waals surface area (Å²) in [6.45, 7) is 8.18. The third kappa shape index (κ3) is 10.3. The first-order valence-corrected chi connectivity index (χ1v) is 18.6. The van der Waals surface area contributed by atoms with Gasteiger partial charge in [-0.2, -0.15) is 0 Å². The second-order valence-electron chi connectivity index (χ2n) is 11.4. The van der Waals surface area contributed by atoms with E-state index in [1.165, 1.54) is 12.1 Å². The van der Waals surface area contributed by atoms with E-state index in [-0.39, 0.29) is 22.7 Å². The minimum atomic E-state index is -3.42. The zero-order chi connectivity index (χ0) is 33.3. The summed E-state index contributed by atoms with van der Waals surface area (Å²) in [5.74, 6) is -0.195. The molecule has 1 heterocycles. The van der Waals surface area contributed by atoms with Crippen molar-refractivity contribution < 1.29 is 27.5 Å². The Bertz CT molecular complexity index is 1730. The number of nitrogens with one attached hydrogen (secondary N) is 1. The maximum atomic E-state index is 13.2. The molecule has 1 N–H and O–H groups in total. The molecule has 0 spiro atoms. The highest BCUT2D eigenvalue weighted by Crippen LogP contribution is 2.29. The van der Waals surface area contributed by atoms with Crippen LogP contribution in [0.5, 0.6) is 5.75 Å². The second kappa shape index (κ2) is 15.9. The molecule has 12 heteroatoms. The largest absolute Gasteiger partial charge is 0.462 e. The number of thiazole rings is 1. The molecular formula is C34H37ClN2O6S3. The number of benzene rings is 3. The van der Waals surface area contributed by atoms with Crippen molar-refractivity contribution in [3.63, 3.8) is 0 Å². The van der Waals surface area contributed by atoms with Crippen LogP contribution in [0.3, 0.4) is 0 Å². The fourth-order valence-corrected chi connectivity index (χ4v) is 7.68. The van der Waals surface area contributed by atoms with Crippen molar-refractivity contribution in [1.29, 1.82) is 0 Å². The number of carbonyl (C=O) groups is 2. The van der Waals surface area contributed by atoms with Gasteiger partial charge in [0, 0.05) is 26.3 Å². The first-order valence-electron chi connectivity index (χ1n) is 14.7. The van der Waals surface area contributed by atoms with E-state index in [1.807, 2.05) is 6.07 Å². The van der Waals surface area contributed by atoms with Gasteiger partial charge in [0.1, 0.15) is 10.8 Å². The SMILES string of the molecule is CCOC(=O)C(NC(=O)c1cccc(SCc2nc(C(C)(C)C)cs2)c1)Oc1ccc(CCCS(=O)(=O)c2ccc(Cl)cc2)cc1. The Kier molecular flexibility index (Phi) is 12.3. The quantitative estimate of drug-likeness (QED) is 0.0819. The lowest BCUT2D eigenvalue weighted by Gasteiger charge is -2.19. The number of rotatable bonds is 14. The second-order valence-corrected chi connectivity index (χ2v) is 16.0. The van der Waals surface area contributed by atoms with Crippen molar-refractivity contribution in [2.45, 2.75) is 67.7 Å². The smallest absolute Gasteiger partial charge is 0.369 e. The number of carbonyl (C=O) groups excluding carboxylic acids is 2. The maximum Gasteiger partial charge on any atom is 0.369 e. The molecule has 0 aliphatic carbocycles. The summed E-state index contributed by atoms with van der Waals surface area (Å²) in [7, 11) is -3.42. The van der Waals surface area contributed by atoms with Crippen LogP contribution in [0.2, 0.25) is 5.02 Å². The number of sulfone groups is 1. The number of ether oxygens (including phenoxy) is 2. The Morgan fingerprint density at radius 1 is 1.04 bits per heavy atom. The Hall–Kier alpha value is -3.38. The van der Waals surface area contributed by atoms with Crippen LogP contribution in [0.25, 0.3) is 0 Å². The van der Waals surface area contributed by atoms with Crippen molar-refractivity contribution >= 4 is 56.4 Å². The van der Waals surface area contributed by atoms with Gasteiger partial charge in [0.05, 0.1) is 28.7 Å². The molecule has 0 saturated heterocycles. The van der Waals surface area contributed by atoms with Crippen LogP contribution in [0, 0.1) is 0 Å². The Morgan fingerprint density at radius 2 is 1.76 bits per heavy atom. The molecule has 46 heavy (non-hydrogen) atoms. The Morgan fingerprint density at radius 3 is 2.41 bits per heavy atom. The van der Waals surface area contributed by atoms with Gasteiger partial charge >= 0.3 is 5.97 Å². The zero-order valence-corrected chi connectivity index (χ0v) is 29.3. The number of halogens is 1. The standard InChI is InChI=1S/C34H37ClN2O6S3/c1-5-42-33(39)32(37-31(38)24-9-6-10-27(20-24)44-22-30-36-29(21-45-30)34(2,3)4)43-26-15-11-23(12-16-26)8-7-19-46(40,41)28-17-13-25(35)14-18-28/h6,9-18,20-21,32H,5,7-8,19,22H2,1-4H3,(H,37,38). The van der Waals surface area contributed by atoms with Crippen molar-refractivity contribution in [2.75, 3.05) is 12.4 Å². The van der Waals surface area contributed by atoms with Crippen molar-refractivity contribution in [1.82, 2.24) is 10.3 Å². The van der Waals surface area contributed by atoms with Crippen molar-refractivity contribution in [3.8, 4) is 5.75 Å². The number of nitrogens with zero attached hydrogens (tertiary/aromatic N) is 1. The Labute approximate surface area is 283 Å². The molecule has 8 nitrogen and oxygen atoms in total. The van der Waals surface area contributed by atoms with E-state index in [0.717, 1.165) is 21.2 Å². The summed E-state index contributed by atoms with van der Waals surface area (Å²) < 4.78 is 36.2. The first-order chi connectivity index (χ1) is 21.8. The maximum absolute atomic E-state index is 13.2. The number of esters is 1. The minimum Gasteiger partial charge on any atom is -0.462 e. The number of aryl methyl sites for hydroxylation is 1. The van der Waals surface area contributed by atoms with Crippen LogP contribution in [0.15, 0.2) is 88.0 Å². The van der Waals surface area contributed by atoms with Gasteiger partial charge in [-0.25, -0.2) is 18.2 Å². The Balaban J connectivity index is 1.34. The summed E-state index contributed by atoms with van der Waals surface area (Å²) in [4.78, 5) is 31.8. The third-order valence-electron chi connectivity index (χ3n) is 6.77. The van der Waals surface area contributed by atoms with E-state index in [2.05, 4.69) is 31.5 Å². The molecule has 0 saturated carbocycles. The molecule has 0 bridgehead atoms. The summed E-state index contributed by atoms with van der Waals surface area (Å²) >= 11 is 9.07. The molecule has 4 aromatic rings. The minimum absolute atomic E-state index is 0.00733. The molecule has 3 aromatic carbocycles. The van der Waals surface area contributed by atoms with Gasteiger partial charge in [-0.05, 0) is 79.9 Å². The molecular weight excluding hydrogens is 664 g/mol. The van der Waals surface area contributed by atoms with Crippen LogP contribution in [0.4, 0.5) is 0 Å². The monoisotopic (exact) mass is 700 g/mol. The van der Waals surface area contributed by atoms with Crippen LogP contribution >= 0.6 is 34.7 Å². The van der Waals surface area contributed by atoms with Crippen LogP contribution in [0.1, 0.15) is 60.7 Å². The number of thioether (sulfide) groups is 1. The van der Waals surface area contributed by atoms with E-state index < -0.39 is 27.9 Å². The van der Waals surface area contributed by atoms with Gasteiger partial charge in [-0.1, -0.05) is 50.6 Å². The fraction of sp³-hybridized carbons (Fsp3) is 0.324. The van der Waals surface area contributed by atoms with Gasteiger partial charge in [0.25, 0.3) is 12.1 Å². The number of hydrogen-bond acceptors (Lipinski definition) is 9. The third-order valence-corrected chi connectivity index (χ3v) is 10.9. The molecule has 1 unspecified atom stereocenters. The molecule has 0 radical (unpaired) electrons. The molecule has 4 rings (SSSR count). The first kappa shape index (κ1) is 35.5. The average molecular weight is 701 g/mol. The molecule has 1 amide bonds. The van der Waals surface area contributed by atoms with E-state index in [9.17, 15) is 18.0 Å². The summed E-state index contributed by atoms with van der Waals surface area (Å²) in [6.07, 6.45) is -0.420. The summed E-state index contributed by atoms with van der Waals surface area (Å²) in [6, 6.07) is 20.2. The highest BCUT2D eigenvalue weighted by Gasteiger charge is 2.25. The molecule has 1 aromatic heterocycles. The number of hydrogen-bond donors (Lipinski definition) is 1. The number of aromatic nitrogens is 1. The van der Waals surface area contributed by atoms with E-state index in [1.54, 1.807) is 84.6 Å². The zero-order valence-electron chi connectivity index (χ0n) is 26.1. The average Bonchev–Trinajstić information content (AvgIpc) is 3.51. The fourth-order valence-electron chi connectivity index (χ4n) is 4.25. The number of amides is 1. The lowest BCUT2D eigenvalue weighted by atomic mass is 9.93. The highest BCUT2D eigenvalue weighted by molar-refractivity contribution is 7.98. The van der Waals surface area contributed by atoms with Crippen LogP contribution in [-0.4, -0.2) is 43.9 Å². The van der Waals surface area contributed by atoms with Gasteiger partial charge in [0.15, 0.2) is 9.84 Å². The van der Waals surface area contributed by atoms with E-state index >= 15 is 0 Å². The van der Waals surface area contributed by atoms with Gasteiger partial charge in [0.2, 0.25) is 0 Å². The van der Waals surface area contributed by atoms with Gasteiger partial charge in [-0.3, -0.25) is 4.79 Å². The van der Waals surface area contributed by atoms with Crippen LogP contribution < -0.4 is 10.1 Å². The molecule has 0 aliphatic rings. The van der Waals surface area contributed by atoms with Crippen molar-refractivity contribution in [3.05, 3.63) is 105 Å². The molecule has 0 aliphatic heterocycles. The topological polar surface area (TPSA) is 112 Å². The van der Waals surface area contributed by atoms with Crippen molar-refractivity contribution in [2.24, 2.45) is 0 Å². The predicted molar refractivity (Wildman–Crippen MR) is 184 cm³/mol. The van der Waals surface area contributed by atoms with E-state index in [4.69, 9.17) is 26.1 Å². The van der Waals surface area contributed by atoms with E-state index in [0.29, 0.717) is 34.9 Å². The summed E-state index contributed by atoms with van der Waals surface area (Å²) in [5.41, 5.74) is 2.32. The highest BCUT2D eigenvalue weighted by atomic mass is 35.5. The lowest BCUT2D eigenvalue weighted by molar-refractivity contribution is -0.152. The molecule has 1 atom stereocenters. The summed E-state index contributed by atoms with van der Waals surface area (Å²) in [5, 5.41) is 6.21. The lowest BCUT2D eigenvalue weighted by Crippen LogP contribution is -2.46. The van der Waals surface area contributed by atoms with Crippen LogP contribution in [-0.2, 0) is 37.0 Å². The molecule has 244 valence electrons. The molecule has 0 fully saturated rings. The predicted octanol–water partition coefficient (Wildman–Crippen LogP) is 7.49. The van der Waals surface area contributed by atoms with Gasteiger partial charge < -0.3 is 14.8 Å². The van der Waals surface area contributed by atoms with Gasteiger partial charge in [-0.15, -0.1) is 23.1 Å². The normalized spacial score (nSPS) is 12.4.